The number of ether oxygens (including phenoxy) is 1. The van der Waals surface area contributed by atoms with Gasteiger partial charge in [-0.3, -0.25) is 4.79 Å². The molecule has 1 aromatic rings. The number of rotatable bonds is 3. The highest BCUT2D eigenvalue weighted by Crippen LogP contribution is 2.14. The number of carbonyl (C=O) groups is 1. The molecule has 4 heteroatoms. The second-order valence-corrected chi connectivity index (χ2v) is 4.21. The molecule has 18 heavy (non-hydrogen) atoms. The topological polar surface area (TPSA) is 58.6 Å². The molecule has 0 radical (unpaired) electrons. The second-order valence-electron chi connectivity index (χ2n) is 4.21. The zero-order valence-electron chi connectivity index (χ0n) is 10.8. The van der Waals surface area contributed by atoms with Crippen molar-refractivity contribution in [1.82, 2.24) is 0 Å². The molecule has 0 saturated carbocycles. The van der Waals surface area contributed by atoms with Crippen molar-refractivity contribution in [2.45, 2.75) is 19.4 Å². The van der Waals surface area contributed by atoms with Crippen LogP contribution in [0.4, 0.5) is 5.69 Å². The average molecular weight is 247 g/mol. The van der Waals surface area contributed by atoms with Gasteiger partial charge < -0.3 is 15.2 Å². The molecular weight excluding hydrogens is 230 g/mol. The number of hydrogen-bond acceptors (Lipinski definition) is 3. The van der Waals surface area contributed by atoms with Gasteiger partial charge in [0.05, 0.1) is 0 Å². The highest BCUT2D eigenvalue weighted by Gasteiger charge is 2.26. The predicted octanol–water partition coefficient (Wildman–Crippen LogP) is 1.39. The highest BCUT2D eigenvalue weighted by atomic mass is 16.5. The van der Waals surface area contributed by atoms with Crippen molar-refractivity contribution in [2.24, 2.45) is 0 Å². The van der Waals surface area contributed by atoms with Gasteiger partial charge >= 0.3 is 0 Å². The number of anilines is 1. The highest BCUT2D eigenvalue weighted by molar-refractivity contribution is 5.96. The van der Waals surface area contributed by atoms with E-state index in [9.17, 15) is 4.79 Å². The van der Waals surface area contributed by atoms with E-state index in [-0.39, 0.29) is 12.5 Å². The van der Waals surface area contributed by atoms with Gasteiger partial charge in [0.2, 0.25) is 0 Å². The van der Waals surface area contributed by atoms with E-state index in [0.717, 1.165) is 5.56 Å². The van der Waals surface area contributed by atoms with Gasteiger partial charge in [0.25, 0.3) is 5.91 Å². The third-order valence-corrected chi connectivity index (χ3v) is 2.51. The van der Waals surface area contributed by atoms with Gasteiger partial charge in [-0.15, -0.1) is 0 Å². The summed E-state index contributed by atoms with van der Waals surface area (Å²) in [5, 5.41) is 11.3. The van der Waals surface area contributed by atoms with E-state index in [4.69, 9.17) is 9.84 Å². The maximum atomic E-state index is 11.8. The fourth-order valence-corrected chi connectivity index (χ4v) is 1.15. The molecule has 0 heterocycles. The normalized spacial score (nSPS) is 10.4. The minimum absolute atomic E-state index is 0.166. The Balaban J connectivity index is 2.73. The lowest BCUT2D eigenvalue weighted by molar-refractivity contribution is -0.133. The predicted molar refractivity (Wildman–Crippen MR) is 70.1 cm³/mol. The van der Waals surface area contributed by atoms with Crippen molar-refractivity contribution >= 4 is 11.6 Å². The van der Waals surface area contributed by atoms with Gasteiger partial charge in [-0.25, -0.2) is 0 Å². The molecule has 0 aliphatic rings. The van der Waals surface area contributed by atoms with Gasteiger partial charge in [-0.05, 0) is 38.1 Å². The molecule has 4 nitrogen and oxygen atoms in total. The van der Waals surface area contributed by atoms with Crippen LogP contribution in [0.5, 0.6) is 0 Å². The maximum Gasteiger partial charge on any atom is 0.256 e. The van der Waals surface area contributed by atoms with Gasteiger partial charge in [-0.1, -0.05) is 11.8 Å². The lowest BCUT2D eigenvalue weighted by atomic mass is 10.1. The lowest BCUT2D eigenvalue weighted by Gasteiger charge is -2.21. The number of nitrogens with one attached hydrogen (secondary N) is 1. The van der Waals surface area contributed by atoms with E-state index in [1.54, 1.807) is 38.1 Å². The van der Waals surface area contributed by atoms with E-state index in [2.05, 4.69) is 17.2 Å². The third-order valence-electron chi connectivity index (χ3n) is 2.51. The summed E-state index contributed by atoms with van der Waals surface area (Å²) in [7, 11) is 1.49. The largest absolute Gasteiger partial charge is 0.384 e. The molecule has 0 atom stereocenters. The molecule has 0 aromatic heterocycles. The average Bonchev–Trinajstić information content (AvgIpc) is 2.37. The Kier molecular flexibility index (Phi) is 4.90. The number of benzene rings is 1. The first-order valence-electron chi connectivity index (χ1n) is 5.56. The quantitative estimate of drug-likeness (QED) is 0.794. The van der Waals surface area contributed by atoms with Crippen LogP contribution < -0.4 is 5.32 Å². The van der Waals surface area contributed by atoms with Crippen molar-refractivity contribution in [3.63, 3.8) is 0 Å². The maximum absolute atomic E-state index is 11.8. The molecule has 2 N–H and O–H groups in total. The smallest absolute Gasteiger partial charge is 0.256 e. The van der Waals surface area contributed by atoms with Crippen molar-refractivity contribution in [2.75, 3.05) is 19.0 Å². The molecule has 1 rings (SSSR count). The Morgan fingerprint density at radius 2 is 2.00 bits per heavy atom. The summed E-state index contributed by atoms with van der Waals surface area (Å²) in [4.78, 5) is 11.8. The number of aliphatic hydroxyl groups is 1. The number of carbonyl (C=O) groups excluding carboxylic acids is 1. The summed E-state index contributed by atoms with van der Waals surface area (Å²) in [6.45, 7) is 3.23. The van der Waals surface area contributed by atoms with Gasteiger partial charge in [-0.2, -0.15) is 0 Å². The van der Waals surface area contributed by atoms with Crippen molar-refractivity contribution in [3.05, 3.63) is 29.8 Å². The Morgan fingerprint density at radius 3 is 2.50 bits per heavy atom. The van der Waals surface area contributed by atoms with Crippen molar-refractivity contribution < 1.29 is 14.6 Å². The van der Waals surface area contributed by atoms with Gasteiger partial charge in [0.15, 0.2) is 0 Å². The van der Waals surface area contributed by atoms with Gasteiger partial charge in [0.1, 0.15) is 12.2 Å². The Hall–Kier alpha value is -1.83. The second kappa shape index (κ2) is 6.20. The van der Waals surface area contributed by atoms with Crippen LogP contribution in [-0.2, 0) is 9.53 Å². The first-order chi connectivity index (χ1) is 8.49. The van der Waals surface area contributed by atoms with Crippen LogP contribution in [0.2, 0.25) is 0 Å². The van der Waals surface area contributed by atoms with Crippen LogP contribution in [0.3, 0.4) is 0 Å². The monoisotopic (exact) mass is 247 g/mol. The summed E-state index contributed by atoms with van der Waals surface area (Å²) in [6.07, 6.45) is 0. The molecule has 96 valence electrons. The summed E-state index contributed by atoms with van der Waals surface area (Å²) < 4.78 is 5.09. The van der Waals surface area contributed by atoms with E-state index < -0.39 is 5.60 Å². The van der Waals surface area contributed by atoms with E-state index in [1.165, 1.54) is 7.11 Å². The van der Waals surface area contributed by atoms with Crippen molar-refractivity contribution in [1.29, 1.82) is 0 Å². The number of hydrogen-bond donors (Lipinski definition) is 2. The standard InChI is InChI=1S/C14H17NO3/c1-14(2,18-3)13(17)15-12-8-6-11(7-9-12)5-4-10-16/h6-9,16H,10H2,1-3H3,(H,15,17). The molecule has 0 spiro atoms. The zero-order valence-corrected chi connectivity index (χ0v) is 10.8. The molecule has 1 aromatic carbocycles. The zero-order chi connectivity index (χ0) is 13.6. The van der Waals surface area contributed by atoms with E-state index >= 15 is 0 Å². The number of methoxy groups -OCH3 is 1. The molecule has 0 fully saturated rings. The molecule has 0 unspecified atom stereocenters. The molecular formula is C14H17NO3. The van der Waals surface area contributed by atoms with Crippen molar-refractivity contribution in [3.8, 4) is 11.8 Å². The molecule has 0 bridgehead atoms. The SMILES string of the molecule is COC(C)(C)C(=O)Nc1ccc(C#CCO)cc1. The lowest BCUT2D eigenvalue weighted by Crippen LogP contribution is -2.38. The fourth-order valence-electron chi connectivity index (χ4n) is 1.15. The summed E-state index contributed by atoms with van der Waals surface area (Å²) in [5.74, 6) is 5.13. The first-order valence-corrected chi connectivity index (χ1v) is 5.56. The van der Waals surface area contributed by atoms with Crippen LogP contribution in [0.1, 0.15) is 19.4 Å². The summed E-state index contributed by atoms with van der Waals surface area (Å²) in [6, 6.07) is 7.06. The van der Waals surface area contributed by atoms with E-state index in [1.807, 2.05) is 0 Å². The van der Waals surface area contributed by atoms with Crippen LogP contribution in [0.15, 0.2) is 24.3 Å². The summed E-state index contributed by atoms with van der Waals surface area (Å²) in [5.41, 5.74) is 0.600. The molecule has 1 amide bonds. The fraction of sp³-hybridized carbons (Fsp3) is 0.357. The molecule has 0 saturated heterocycles. The number of amides is 1. The minimum atomic E-state index is -0.866. The minimum Gasteiger partial charge on any atom is -0.384 e. The van der Waals surface area contributed by atoms with Gasteiger partial charge in [0, 0.05) is 18.4 Å². The summed E-state index contributed by atoms with van der Waals surface area (Å²) >= 11 is 0. The molecule has 0 aliphatic heterocycles. The first kappa shape index (κ1) is 14.2. The van der Waals surface area contributed by atoms with Crippen LogP contribution in [-0.4, -0.2) is 30.3 Å². The van der Waals surface area contributed by atoms with Crippen LogP contribution in [0, 0.1) is 11.8 Å². The van der Waals surface area contributed by atoms with E-state index in [0.29, 0.717) is 5.69 Å². The Bertz CT molecular complexity index is 466. The van der Waals surface area contributed by atoms with Crippen LogP contribution in [0.25, 0.3) is 0 Å². The van der Waals surface area contributed by atoms with Crippen LogP contribution >= 0.6 is 0 Å². The molecule has 0 aliphatic carbocycles. The third kappa shape index (κ3) is 3.88. The number of aliphatic hydroxyl groups excluding tert-OH is 1. The Morgan fingerprint density at radius 1 is 1.39 bits per heavy atom. The Labute approximate surface area is 107 Å².